The van der Waals surface area contributed by atoms with E-state index < -0.39 is 36.1 Å². The Hall–Kier alpha value is -1.79. The van der Waals surface area contributed by atoms with Crippen LogP contribution >= 0.6 is 0 Å². The Balaban J connectivity index is 2.78. The van der Waals surface area contributed by atoms with Crippen LogP contribution in [0.2, 0.25) is 0 Å². The van der Waals surface area contributed by atoms with Crippen molar-refractivity contribution in [1.82, 2.24) is 10.3 Å². The largest absolute Gasteiger partial charge is 0.381 e. The van der Waals surface area contributed by atoms with Gasteiger partial charge in [0.05, 0.1) is 12.1 Å². The molecule has 0 fully saturated rings. The van der Waals surface area contributed by atoms with E-state index in [1.807, 2.05) is 5.32 Å². The Kier molecular flexibility index (Phi) is 3.48. The van der Waals surface area contributed by atoms with Gasteiger partial charge in [-0.3, -0.25) is 4.79 Å². The summed E-state index contributed by atoms with van der Waals surface area (Å²) in [4.78, 5) is 14.5. The first-order valence-corrected chi connectivity index (χ1v) is 3.98. The molecule has 15 heavy (non-hydrogen) atoms. The summed E-state index contributed by atoms with van der Waals surface area (Å²) in [6.07, 6.45) is -1.56. The minimum absolute atomic E-state index is 0.400. The van der Waals surface area contributed by atoms with Gasteiger partial charge in [0.1, 0.15) is 0 Å². The summed E-state index contributed by atoms with van der Waals surface area (Å²) in [6, 6.07) is 1.06. The van der Waals surface area contributed by atoms with Crippen LogP contribution in [0.4, 0.5) is 19.0 Å². The second kappa shape index (κ2) is 4.63. The smallest absolute Gasteiger partial charge is 0.255 e. The predicted molar refractivity (Wildman–Crippen MR) is 46.9 cm³/mol. The zero-order chi connectivity index (χ0) is 11.4. The highest BCUT2D eigenvalue weighted by atomic mass is 19.3. The van der Waals surface area contributed by atoms with E-state index in [0.29, 0.717) is 0 Å². The van der Waals surface area contributed by atoms with Crippen molar-refractivity contribution in [2.24, 2.45) is 0 Å². The van der Waals surface area contributed by atoms with Gasteiger partial charge in [-0.2, -0.15) is 0 Å². The van der Waals surface area contributed by atoms with Crippen molar-refractivity contribution in [3.63, 3.8) is 0 Å². The lowest BCUT2D eigenvalue weighted by atomic mass is 10.2. The summed E-state index contributed by atoms with van der Waals surface area (Å²) in [5.74, 6) is -2.40. The van der Waals surface area contributed by atoms with Gasteiger partial charge in [-0.1, -0.05) is 0 Å². The maximum absolute atomic E-state index is 13.1. The topological polar surface area (TPSA) is 68.0 Å². The molecule has 0 unspecified atom stereocenters. The van der Waals surface area contributed by atoms with Crippen LogP contribution in [-0.4, -0.2) is 23.9 Å². The molecule has 1 heterocycles. The molecule has 0 aromatic carbocycles. The molecule has 0 saturated carbocycles. The van der Waals surface area contributed by atoms with Crippen LogP contribution in [0.25, 0.3) is 0 Å². The Morgan fingerprint density at radius 2 is 2.27 bits per heavy atom. The van der Waals surface area contributed by atoms with Crippen LogP contribution in [0.1, 0.15) is 10.4 Å². The molecular formula is C8H8F3N3O. The van der Waals surface area contributed by atoms with Crippen LogP contribution in [0.3, 0.4) is 0 Å². The third-order valence-corrected chi connectivity index (χ3v) is 1.58. The van der Waals surface area contributed by atoms with Crippen molar-refractivity contribution in [3.05, 3.63) is 23.6 Å². The average molecular weight is 219 g/mol. The Labute approximate surface area is 83.3 Å². The molecular weight excluding hydrogens is 211 g/mol. The van der Waals surface area contributed by atoms with Crippen molar-refractivity contribution >= 4 is 11.7 Å². The number of hydrogen-bond acceptors (Lipinski definition) is 3. The number of halogens is 3. The number of carbonyl (C=O) groups excluding carboxylic acids is 1. The molecule has 0 radical (unpaired) electrons. The molecule has 0 saturated heterocycles. The van der Waals surface area contributed by atoms with Gasteiger partial charge in [0.25, 0.3) is 12.3 Å². The standard InChI is InChI=1S/C8H8F3N3O/c9-5(10)3-14-8(15)4-1-2-13-7(12)6(4)11/h1-2,5H,3H2,(H2,12,13)(H,14,15). The number of amides is 1. The van der Waals surface area contributed by atoms with Crippen LogP contribution in [-0.2, 0) is 0 Å². The zero-order valence-electron chi connectivity index (χ0n) is 7.51. The highest BCUT2D eigenvalue weighted by Gasteiger charge is 2.15. The van der Waals surface area contributed by atoms with Crippen molar-refractivity contribution in [2.75, 3.05) is 12.3 Å². The molecule has 0 atom stereocenters. The van der Waals surface area contributed by atoms with Crippen molar-refractivity contribution < 1.29 is 18.0 Å². The van der Waals surface area contributed by atoms with Gasteiger partial charge in [0.15, 0.2) is 11.6 Å². The second-order valence-corrected chi connectivity index (χ2v) is 2.66. The van der Waals surface area contributed by atoms with Gasteiger partial charge in [-0.15, -0.1) is 0 Å². The molecule has 0 aliphatic heterocycles. The highest BCUT2D eigenvalue weighted by molar-refractivity contribution is 5.95. The number of nitrogens with two attached hydrogens (primary N) is 1. The molecule has 0 bridgehead atoms. The second-order valence-electron chi connectivity index (χ2n) is 2.66. The van der Waals surface area contributed by atoms with Gasteiger partial charge in [-0.05, 0) is 6.07 Å². The van der Waals surface area contributed by atoms with Gasteiger partial charge in [0.2, 0.25) is 0 Å². The van der Waals surface area contributed by atoms with E-state index in [4.69, 9.17) is 5.73 Å². The number of nitrogen functional groups attached to an aromatic ring is 1. The minimum atomic E-state index is -2.68. The molecule has 1 rings (SSSR count). The molecule has 0 aliphatic carbocycles. The number of pyridine rings is 1. The molecule has 3 N–H and O–H groups in total. The first kappa shape index (κ1) is 11.3. The summed E-state index contributed by atoms with van der Waals surface area (Å²) in [6.45, 7) is -0.833. The fourth-order valence-corrected chi connectivity index (χ4v) is 0.900. The van der Waals surface area contributed by atoms with E-state index in [1.165, 1.54) is 0 Å². The fraction of sp³-hybridized carbons (Fsp3) is 0.250. The van der Waals surface area contributed by atoms with Gasteiger partial charge in [-0.25, -0.2) is 18.2 Å². The summed E-state index contributed by atoms with van der Waals surface area (Å²) in [5, 5.41) is 1.85. The van der Waals surface area contributed by atoms with Gasteiger partial charge >= 0.3 is 0 Å². The quantitative estimate of drug-likeness (QED) is 0.790. The van der Waals surface area contributed by atoms with Crippen LogP contribution in [0.15, 0.2) is 12.3 Å². The lowest BCUT2D eigenvalue weighted by Crippen LogP contribution is -2.29. The maximum Gasteiger partial charge on any atom is 0.255 e. The SMILES string of the molecule is Nc1nccc(C(=O)NCC(F)F)c1F. The molecule has 1 amide bonds. The molecule has 0 spiro atoms. The summed E-state index contributed by atoms with van der Waals surface area (Å²) in [7, 11) is 0. The monoisotopic (exact) mass is 219 g/mol. The Morgan fingerprint density at radius 1 is 1.60 bits per heavy atom. The minimum Gasteiger partial charge on any atom is -0.381 e. The molecule has 1 aromatic rings. The normalized spacial score (nSPS) is 10.4. The van der Waals surface area contributed by atoms with Crippen LogP contribution < -0.4 is 11.1 Å². The van der Waals surface area contributed by atoms with E-state index >= 15 is 0 Å². The third kappa shape index (κ3) is 2.83. The number of hydrogen-bond donors (Lipinski definition) is 2. The van der Waals surface area contributed by atoms with Crippen LogP contribution in [0, 0.1) is 5.82 Å². The summed E-state index contributed by atoms with van der Waals surface area (Å²) in [5.41, 5.74) is 4.70. The molecule has 7 heteroatoms. The Bertz CT molecular complexity index is 370. The van der Waals surface area contributed by atoms with Crippen molar-refractivity contribution in [1.29, 1.82) is 0 Å². The number of nitrogens with zero attached hydrogens (tertiary/aromatic N) is 1. The average Bonchev–Trinajstić information content (AvgIpc) is 2.18. The molecule has 0 aliphatic rings. The van der Waals surface area contributed by atoms with Gasteiger partial charge < -0.3 is 11.1 Å². The van der Waals surface area contributed by atoms with E-state index in [1.54, 1.807) is 0 Å². The van der Waals surface area contributed by atoms with Crippen molar-refractivity contribution in [2.45, 2.75) is 6.43 Å². The number of rotatable bonds is 3. The zero-order valence-corrected chi connectivity index (χ0v) is 7.51. The van der Waals surface area contributed by atoms with Crippen LogP contribution in [0.5, 0.6) is 0 Å². The first-order valence-electron chi connectivity index (χ1n) is 3.98. The first-order chi connectivity index (χ1) is 7.02. The summed E-state index contributed by atoms with van der Waals surface area (Å²) >= 11 is 0. The third-order valence-electron chi connectivity index (χ3n) is 1.58. The van der Waals surface area contributed by atoms with Crippen molar-refractivity contribution in [3.8, 4) is 0 Å². The van der Waals surface area contributed by atoms with E-state index in [-0.39, 0.29) is 0 Å². The highest BCUT2D eigenvalue weighted by Crippen LogP contribution is 2.11. The van der Waals surface area contributed by atoms with E-state index in [0.717, 1.165) is 12.3 Å². The fourth-order valence-electron chi connectivity index (χ4n) is 0.900. The number of nitrogens with one attached hydrogen (secondary N) is 1. The molecule has 82 valence electrons. The maximum atomic E-state index is 13.1. The lowest BCUT2D eigenvalue weighted by molar-refractivity contribution is 0.0887. The number of carbonyl (C=O) groups is 1. The molecule has 1 aromatic heterocycles. The number of aromatic nitrogens is 1. The van der Waals surface area contributed by atoms with Gasteiger partial charge in [0, 0.05) is 6.20 Å². The van der Waals surface area contributed by atoms with E-state index in [9.17, 15) is 18.0 Å². The number of alkyl halides is 2. The number of anilines is 1. The molecule has 4 nitrogen and oxygen atoms in total. The summed E-state index contributed by atoms with van der Waals surface area (Å²) < 4.78 is 36.6. The Morgan fingerprint density at radius 3 is 2.87 bits per heavy atom. The predicted octanol–water partition coefficient (Wildman–Crippen LogP) is 0.798. The van der Waals surface area contributed by atoms with E-state index in [2.05, 4.69) is 4.98 Å². The lowest BCUT2D eigenvalue weighted by Gasteiger charge is -2.05.